The number of fused-ring (bicyclic) bond motifs is 3. The van der Waals surface area contributed by atoms with Crippen molar-refractivity contribution in [2.24, 2.45) is 0 Å². The quantitative estimate of drug-likeness (QED) is 0.0635. The van der Waals surface area contributed by atoms with E-state index >= 15 is 0 Å². The number of nitrogens with one attached hydrogen (secondary N) is 2. The van der Waals surface area contributed by atoms with Gasteiger partial charge in [-0.2, -0.15) is 8.78 Å². The topological polar surface area (TPSA) is 243 Å². The second-order valence-corrected chi connectivity index (χ2v) is 22.8. The molecule has 23 heteroatoms. The van der Waals surface area contributed by atoms with Crippen LogP contribution in [0.5, 0.6) is 5.75 Å². The minimum atomic E-state index is -5.80. The highest BCUT2D eigenvalue weighted by Crippen LogP contribution is 2.59. The van der Waals surface area contributed by atoms with Crippen LogP contribution in [0.25, 0.3) is 10.1 Å². The Balaban J connectivity index is 0.686. The van der Waals surface area contributed by atoms with Gasteiger partial charge in [0.1, 0.15) is 30.5 Å². The van der Waals surface area contributed by atoms with E-state index in [1.54, 1.807) is 39.9 Å². The molecular weight excluding hydrogens is 1010 g/mol. The summed E-state index contributed by atoms with van der Waals surface area (Å²) in [4.78, 5) is 117. The molecule has 1 aliphatic carbocycles. The highest BCUT2D eigenvalue weighted by atomic mass is 32.1. The molecule has 4 N–H and O–H groups in total. The van der Waals surface area contributed by atoms with Crippen molar-refractivity contribution in [2.75, 3.05) is 39.6 Å². The Labute approximate surface area is 427 Å². The molecule has 5 fully saturated rings. The fraction of sp³-hybridized carbons (Fsp3) is 0.510. The molecule has 2 aromatic carbocycles. The Morgan fingerprint density at radius 3 is 2.43 bits per heavy atom. The predicted molar refractivity (Wildman–Crippen MR) is 262 cm³/mol. The van der Waals surface area contributed by atoms with Crippen LogP contribution < -0.4 is 20.9 Å². The van der Waals surface area contributed by atoms with E-state index in [-0.39, 0.29) is 109 Å². The van der Waals surface area contributed by atoms with E-state index in [1.165, 1.54) is 17.0 Å². The van der Waals surface area contributed by atoms with Crippen LogP contribution in [0, 0.1) is 0 Å². The Kier molecular flexibility index (Phi) is 14.4. The number of benzene rings is 2. The maximum absolute atomic E-state index is 14.7. The van der Waals surface area contributed by atoms with E-state index in [4.69, 9.17) is 14.2 Å². The van der Waals surface area contributed by atoms with Crippen molar-refractivity contribution in [1.29, 1.82) is 0 Å². The number of carbonyl (C=O) groups is 6. The summed E-state index contributed by atoms with van der Waals surface area (Å²) in [6.45, 7) is 2.23. The number of carbonyl (C=O) groups excluding carboxylic acids is 6. The third-order valence-corrected chi connectivity index (χ3v) is 17.5. The van der Waals surface area contributed by atoms with Crippen LogP contribution in [0.4, 0.5) is 8.78 Å². The average molecular weight is 1060 g/mol. The number of thiophene rings is 1. The Bertz CT molecular complexity index is 3010. The third kappa shape index (κ3) is 10.2. The van der Waals surface area contributed by atoms with Crippen molar-refractivity contribution in [3.05, 3.63) is 98.3 Å². The molecule has 5 aliphatic heterocycles. The van der Waals surface area contributed by atoms with Crippen molar-refractivity contribution < 1.29 is 66.1 Å². The van der Waals surface area contributed by atoms with Crippen molar-refractivity contribution in [3.8, 4) is 5.75 Å². The van der Waals surface area contributed by atoms with Crippen LogP contribution in [0.2, 0.25) is 0 Å². The zero-order valence-electron chi connectivity index (χ0n) is 40.4. The van der Waals surface area contributed by atoms with Crippen LogP contribution in [0.3, 0.4) is 0 Å². The SMILES string of the molecule is O=C1CCC(N2Cc3c(OCCOCCOCCn4ccc([C@@H]5CN(C(=O)[C@@H]6CC[C@@H]7CCCCC(NC(=O)c8cc9cc(C(F)(F)P(=O)(O)O)ccc9s8)C(=O)N76)C6(CC6)C5)cc4=O)cccc3C2=O)C(=O)N1. The van der Waals surface area contributed by atoms with Crippen LogP contribution >= 0.6 is 18.9 Å². The van der Waals surface area contributed by atoms with Crippen molar-refractivity contribution in [2.45, 2.75) is 125 Å². The molecule has 1 saturated carbocycles. The lowest BCUT2D eigenvalue weighted by atomic mass is 9.96. The number of piperidine rings is 1. The van der Waals surface area contributed by atoms with Crippen molar-refractivity contribution >= 4 is 64.5 Å². The van der Waals surface area contributed by atoms with Crippen LogP contribution in [-0.4, -0.2) is 134 Å². The molecule has 6 amide bonds. The van der Waals surface area contributed by atoms with Crippen molar-refractivity contribution in [1.82, 2.24) is 29.9 Å². The number of hydrogen-bond donors (Lipinski definition) is 4. The van der Waals surface area contributed by atoms with E-state index in [1.807, 2.05) is 11.0 Å². The Hall–Kier alpha value is -5.90. The summed E-state index contributed by atoms with van der Waals surface area (Å²) >= 11 is 1.00. The van der Waals surface area contributed by atoms with Gasteiger partial charge in [-0.15, -0.1) is 11.3 Å². The first-order valence-electron chi connectivity index (χ1n) is 25.1. The summed E-state index contributed by atoms with van der Waals surface area (Å²) in [5.41, 5.74) is -3.85. The number of nitrogens with zero attached hydrogens (tertiary/aromatic N) is 4. The van der Waals surface area contributed by atoms with Gasteiger partial charge in [0.05, 0.1) is 37.8 Å². The smallest absolute Gasteiger partial charge is 0.399 e. The summed E-state index contributed by atoms with van der Waals surface area (Å²) in [5, 5.41) is 5.36. The van der Waals surface area contributed by atoms with E-state index in [2.05, 4.69) is 10.6 Å². The summed E-state index contributed by atoms with van der Waals surface area (Å²) in [7, 11) is -5.80. The molecule has 2 unspecified atom stereocenters. The molecule has 4 saturated heterocycles. The van der Waals surface area contributed by atoms with Gasteiger partial charge in [0, 0.05) is 70.7 Å². The molecule has 394 valence electrons. The lowest BCUT2D eigenvalue weighted by Gasteiger charge is -2.37. The van der Waals surface area contributed by atoms with Gasteiger partial charge in [0.25, 0.3) is 17.4 Å². The molecule has 2 aromatic heterocycles. The average Bonchev–Trinajstić information content (AvgIpc) is 3.68. The second-order valence-electron chi connectivity index (χ2n) is 20.1. The first kappa shape index (κ1) is 51.6. The molecule has 19 nitrogen and oxygen atoms in total. The minimum absolute atomic E-state index is 0.0771. The number of alkyl halides is 2. The van der Waals surface area contributed by atoms with E-state index in [0.717, 1.165) is 54.7 Å². The number of hydrogen-bond acceptors (Lipinski definition) is 12. The summed E-state index contributed by atoms with van der Waals surface area (Å²) < 4.78 is 59.8. The van der Waals surface area contributed by atoms with Gasteiger partial charge in [-0.1, -0.05) is 25.0 Å². The first-order valence-corrected chi connectivity index (χ1v) is 27.5. The number of likely N-dealkylation sites (tertiary alicyclic amines) is 1. The molecule has 0 bridgehead atoms. The lowest BCUT2D eigenvalue weighted by Crippen LogP contribution is -2.57. The monoisotopic (exact) mass is 1060 g/mol. The zero-order chi connectivity index (χ0) is 52.1. The number of aromatic nitrogens is 1. The van der Waals surface area contributed by atoms with E-state index in [0.29, 0.717) is 66.8 Å². The highest BCUT2D eigenvalue weighted by Gasteiger charge is 2.59. The third-order valence-electron chi connectivity index (χ3n) is 15.4. The molecule has 5 atom stereocenters. The molecule has 7 heterocycles. The number of rotatable bonds is 17. The number of imide groups is 1. The molecule has 1 spiro atoms. The molecule has 6 aliphatic rings. The molecular formula is C51H57F2N6O13PS. The summed E-state index contributed by atoms with van der Waals surface area (Å²) in [6.07, 6.45) is 8.19. The van der Waals surface area contributed by atoms with Gasteiger partial charge < -0.3 is 48.6 Å². The lowest BCUT2D eigenvalue weighted by molar-refractivity contribution is -0.148. The summed E-state index contributed by atoms with van der Waals surface area (Å²) in [6, 6.07) is 10.7. The fourth-order valence-corrected chi connectivity index (χ4v) is 12.8. The van der Waals surface area contributed by atoms with Crippen LogP contribution in [-0.2, 0) is 52.0 Å². The Morgan fingerprint density at radius 1 is 0.905 bits per heavy atom. The van der Waals surface area contributed by atoms with Gasteiger partial charge in [-0.3, -0.25) is 43.4 Å². The van der Waals surface area contributed by atoms with E-state index < -0.39 is 48.8 Å². The van der Waals surface area contributed by atoms with Gasteiger partial charge >= 0.3 is 13.3 Å². The summed E-state index contributed by atoms with van der Waals surface area (Å²) in [5.74, 6) is -1.72. The number of halogens is 2. The van der Waals surface area contributed by atoms with Crippen LogP contribution in [0.1, 0.15) is 113 Å². The van der Waals surface area contributed by atoms with Gasteiger partial charge in [0.15, 0.2) is 0 Å². The maximum Gasteiger partial charge on any atom is 0.399 e. The maximum atomic E-state index is 14.7. The number of pyridine rings is 1. The standard InChI is InChI=1S/C51H57F2N6O13PS/c52-51(53,73(67,68)69)33-8-12-41-31(24-33)25-42(74-41)46(63)54-37-6-2-1-4-34-9-10-39(59(34)48(37)65)49(66)58-28-32(27-50(58)15-16-50)30-14-17-56(44(61)26-30)18-19-70-20-21-71-22-23-72-40-7-3-5-35-36(40)29-57(47(35)64)38-11-13-43(60)55-45(38)62/h3,5,7-8,12,14,17,24-26,32,34,37-39H,1-2,4,6,9-11,13,15-16,18-23,27-29H2,(H,54,63)(H,55,60,62)(H2,67,68,69)/t32-,34-,37?,38?,39-/m0/s1. The van der Waals surface area contributed by atoms with Crippen molar-refractivity contribution in [3.63, 3.8) is 0 Å². The number of amides is 6. The van der Waals surface area contributed by atoms with Gasteiger partial charge in [-0.05, 0) is 98.7 Å². The highest BCUT2D eigenvalue weighted by molar-refractivity contribution is 7.52. The molecule has 0 radical (unpaired) electrons. The fourth-order valence-electron chi connectivity index (χ4n) is 11.4. The zero-order valence-corrected chi connectivity index (χ0v) is 42.1. The minimum Gasteiger partial charge on any atom is -0.491 e. The van der Waals surface area contributed by atoms with E-state index in [9.17, 15) is 56.7 Å². The number of ether oxygens (including phenoxy) is 3. The molecule has 4 aromatic rings. The van der Waals surface area contributed by atoms with Gasteiger partial charge in [-0.25, -0.2) is 0 Å². The largest absolute Gasteiger partial charge is 0.491 e. The van der Waals surface area contributed by atoms with Gasteiger partial charge in [0.2, 0.25) is 23.6 Å². The Morgan fingerprint density at radius 2 is 1.68 bits per heavy atom. The second kappa shape index (κ2) is 20.7. The molecule has 74 heavy (non-hydrogen) atoms. The van der Waals surface area contributed by atoms with Crippen LogP contribution in [0.15, 0.2) is 65.6 Å². The first-order chi connectivity index (χ1) is 35.4. The normalized spacial score (nSPS) is 23.7. The molecule has 10 rings (SSSR count). The predicted octanol–water partition coefficient (Wildman–Crippen LogP) is 4.74.